The second-order valence-corrected chi connectivity index (χ2v) is 4.77. The fourth-order valence-electron chi connectivity index (χ4n) is 2.02. The van der Waals surface area contributed by atoms with Crippen molar-refractivity contribution in [1.29, 1.82) is 0 Å². The van der Waals surface area contributed by atoms with Crippen LogP contribution in [0.2, 0.25) is 5.02 Å². The van der Waals surface area contributed by atoms with Crippen molar-refractivity contribution >= 4 is 28.5 Å². The summed E-state index contributed by atoms with van der Waals surface area (Å²) in [5.41, 5.74) is 10.5. The predicted octanol–water partition coefficient (Wildman–Crippen LogP) is 2.75. The van der Waals surface area contributed by atoms with Crippen molar-refractivity contribution in [2.75, 3.05) is 5.73 Å². The van der Waals surface area contributed by atoms with Crippen LogP contribution in [0.5, 0.6) is 0 Å². The highest BCUT2D eigenvalue weighted by Gasteiger charge is 2.14. The van der Waals surface area contributed by atoms with Crippen molar-refractivity contribution in [2.45, 2.75) is 13.3 Å². The molecule has 0 aliphatic rings. The maximum Gasteiger partial charge on any atom is 0.226 e. The summed E-state index contributed by atoms with van der Waals surface area (Å²) in [7, 11) is 0. The monoisotopic (exact) mass is 274 g/mol. The van der Waals surface area contributed by atoms with Crippen molar-refractivity contribution in [2.24, 2.45) is 0 Å². The third-order valence-electron chi connectivity index (χ3n) is 3.06. The summed E-state index contributed by atoms with van der Waals surface area (Å²) in [4.78, 5) is 4.34. The van der Waals surface area contributed by atoms with Crippen LogP contribution >= 0.6 is 11.6 Å². The van der Waals surface area contributed by atoms with Gasteiger partial charge in [-0.2, -0.15) is 0 Å². The SMILES string of the molecule is Cc1nc2nonc2c(N)c1Cc1ccc(Cl)cc1. The Morgan fingerprint density at radius 2 is 1.95 bits per heavy atom. The molecule has 0 atom stereocenters. The normalized spacial score (nSPS) is 11.1. The Morgan fingerprint density at radius 1 is 1.21 bits per heavy atom. The maximum atomic E-state index is 6.11. The van der Waals surface area contributed by atoms with Crippen molar-refractivity contribution in [3.63, 3.8) is 0 Å². The van der Waals surface area contributed by atoms with Crippen molar-refractivity contribution < 1.29 is 4.63 Å². The molecule has 2 heterocycles. The molecule has 0 saturated carbocycles. The van der Waals surface area contributed by atoms with Crippen LogP contribution in [-0.2, 0) is 6.42 Å². The number of aromatic nitrogens is 3. The minimum atomic E-state index is 0.440. The number of nitrogens with zero attached hydrogens (tertiary/aromatic N) is 3. The van der Waals surface area contributed by atoms with E-state index in [4.69, 9.17) is 17.3 Å². The van der Waals surface area contributed by atoms with Gasteiger partial charge in [-0.05, 0) is 34.9 Å². The molecule has 3 aromatic rings. The van der Waals surface area contributed by atoms with E-state index in [1.165, 1.54) is 0 Å². The minimum absolute atomic E-state index is 0.440. The van der Waals surface area contributed by atoms with E-state index in [0.29, 0.717) is 28.3 Å². The Morgan fingerprint density at radius 3 is 2.68 bits per heavy atom. The molecule has 0 amide bonds. The number of halogens is 1. The van der Waals surface area contributed by atoms with Gasteiger partial charge in [0, 0.05) is 22.7 Å². The van der Waals surface area contributed by atoms with Gasteiger partial charge in [-0.1, -0.05) is 23.7 Å². The van der Waals surface area contributed by atoms with Crippen LogP contribution in [0.15, 0.2) is 28.9 Å². The molecule has 0 aliphatic carbocycles. The molecule has 19 heavy (non-hydrogen) atoms. The number of hydrogen-bond acceptors (Lipinski definition) is 5. The lowest BCUT2D eigenvalue weighted by atomic mass is 10.0. The molecule has 0 saturated heterocycles. The first-order valence-electron chi connectivity index (χ1n) is 5.77. The number of aryl methyl sites for hydroxylation is 1. The van der Waals surface area contributed by atoms with Crippen LogP contribution in [0.4, 0.5) is 5.69 Å². The summed E-state index contributed by atoms with van der Waals surface area (Å²) < 4.78 is 4.66. The van der Waals surface area contributed by atoms with Crippen LogP contribution in [0.25, 0.3) is 11.2 Å². The zero-order valence-electron chi connectivity index (χ0n) is 10.2. The second-order valence-electron chi connectivity index (χ2n) is 4.33. The van der Waals surface area contributed by atoms with Gasteiger partial charge in [-0.15, -0.1) is 0 Å². The number of hydrogen-bond donors (Lipinski definition) is 1. The number of rotatable bonds is 2. The lowest BCUT2D eigenvalue weighted by Gasteiger charge is -2.08. The second kappa shape index (κ2) is 4.51. The number of anilines is 1. The highest BCUT2D eigenvalue weighted by Crippen LogP contribution is 2.25. The molecule has 1 aromatic carbocycles. The van der Waals surface area contributed by atoms with Gasteiger partial charge in [0.1, 0.15) is 0 Å². The number of nitrogen functional groups attached to an aromatic ring is 1. The number of nitrogens with two attached hydrogens (primary N) is 1. The topological polar surface area (TPSA) is 77.8 Å². The smallest absolute Gasteiger partial charge is 0.226 e. The summed E-state index contributed by atoms with van der Waals surface area (Å²) >= 11 is 5.87. The van der Waals surface area contributed by atoms with Crippen LogP contribution in [0.1, 0.15) is 16.8 Å². The van der Waals surface area contributed by atoms with Gasteiger partial charge in [0.15, 0.2) is 5.52 Å². The quantitative estimate of drug-likeness (QED) is 0.777. The van der Waals surface area contributed by atoms with Crippen molar-refractivity contribution in [3.05, 3.63) is 46.1 Å². The molecule has 5 nitrogen and oxygen atoms in total. The first-order chi connectivity index (χ1) is 9.15. The standard InChI is InChI=1S/C13H11ClN4O/c1-7-10(6-8-2-4-9(14)5-3-8)11(15)12-13(16-7)18-19-17-12/h2-5H,6,15H2,1H3. The zero-order valence-corrected chi connectivity index (χ0v) is 11.0. The van der Waals surface area contributed by atoms with Gasteiger partial charge < -0.3 is 5.73 Å². The zero-order chi connectivity index (χ0) is 13.4. The van der Waals surface area contributed by atoms with Gasteiger partial charge >= 0.3 is 0 Å². The summed E-state index contributed by atoms with van der Waals surface area (Å²) in [5.74, 6) is 0. The molecule has 0 unspecified atom stereocenters. The van der Waals surface area contributed by atoms with E-state index in [1.54, 1.807) is 0 Å². The third-order valence-corrected chi connectivity index (χ3v) is 3.31. The number of benzene rings is 1. The molecule has 0 spiro atoms. The molecule has 0 bridgehead atoms. The lowest BCUT2D eigenvalue weighted by Crippen LogP contribution is -2.02. The van der Waals surface area contributed by atoms with Gasteiger partial charge in [0.2, 0.25) is 5.65 Å². The molecule has 2 aromatic heterocycles. The van der Waals surface area contributed by atoms with E-state index in [2.05, 4.69) is 19.9 Å². The maximum absolute atomic E-state index is 6.11. The fraction of sp³-hybridized carbons (Fsp3) is 0.154. The molecule has 96 valence electrons. The van der Waals surface area contributed by atoms with Crippen LogP contribution in [0.3, 0.4) is 0 Å². The fourth-order valence-corrected chi connectivity index (χ4v) is 2.15. The summed E-state index contributed by atoms with van der Waals surface area (Å²) in [6.45, 7) is 1.90. The Kier molecular flexibility index (Phi) is 2.83. The molecule has 0 radical (unpaired) electrons. The van der Waals surface area contributed by atoms with Crippen LogP contribution in [0, 0.1) is 6.92 Å². The highest BCUT2D eigenvalue weighted by atomic mass is 35.5. The van der Waals surface area contributed by atoms with E-state index in [9.17, 15) is 0 Å². The van der Waals surface area contributed by atoms with Gasteiger partial charge in [-0.3, -0.25) is 0 Å². The molecule has 0 aliphatic heterocycles. The van der Waals surface area contributed by atoms with Crippen LogP contribution in [-0.4, -0.2) is 15.3 Å². The lowest BCUT2D eigenvalue weighted by molar-refractivity contribution is 0.315. The molecule has 0 fully saturated rings. The largest absolute Gasteiger partial charge is 0.396 e. The van der Waals surface area contributed by atoms with E-state index in [1.807, 2.05) is 31.2 Å². The average Bonchev–Trinajstić information content (AvgIpc) is 2.85. The summed E-state index contributed by atoms with van der Waals surface area (Å²) in [6.07, 6.45) is 0.671. The summed E-state index contributed by atoms with van der Waals surface area (Å²) in [6, 6.07) is 7.64. The van der Waals surface area contributed by atoms with Gasteiger partial charge in [0.05, 0.1) is 5.69 Å². The first kappa shape index (κ1) is 11.9. The van der Waals surface area contributed by atoms with Crippen molar-refractivity contribution in [1.82, 2.24) is 15.3 Å². The minimum Gasteiger partial charge on any atom is -0.396 e. The van der Waals surface area contributed by atoms with E-state index < -0.39 is 0 Å². The Hall–Kier alpha value is -2.14. The molecule has 3 rings (SSSR count). The Balaban J connectivity index is 2.06. The van der Waals surface area contributed by atoms with E-state index >= 15 is 0 Å². The van der Waals surface area contributed by atoms with Gasteiger partial charge in [-0.25, -0.2) is 9.61 Å². The van der Waals surface area contributed by atoms with E-state index in [0.717, 1.165) is 16.8 Å². The molecular formula is C13H11ClN4O. The molecule has 6 heteroatoms. The highest BCUT2D eigenvalue weighted by molar-refractivity contribution is 6.30. The Labute approximate surface area is 114 Å². The van der Waals surface area contributed by atoms with Crippen molar-refractivity contribution in [3.8, 4) is 0 Å². The van der Waals surface area contributed by atoms with E-state index in [-0.39, 0.29) is 0 Å². The Bertz CT molecular complexity index is 736. The van der Waals surface area contributed by atoms with Crippen LogP contribution < -0.4 is 5.73 Å². The summed E-state index contributed by atoms with van der Waals surface area (Å²) in [5, 5.41) is 8.20. The van der Waals surface area contributed by atoms with Gasteiger partial charge in [0.25, 0.3) is 0 Å². The molecular weight excluding hydrogens is 264 g/mol. The number of fused-ring (bicyclic) bond motifs is 1. The average molecular weight is 275 g/mol. The number of pyridine rings is 1. The first-order valence-corrected chi connectivity index (χ1v) is 6.14. The predicted molar refractivity (Wildman–Crippen MR) is 73.0 cm³/mol. The molecule has 2 N–H and O–H groups in total. The third kappa shape index (κ3) is 2.13.